The molecule has 2 rings (SSSR count). The van der Waals surface area contributed by atoms with Gasteiger partial charge in [-0.3, -0.25) is 0 Å². The monoisotopic (exact) mass is 253 g/mol. The van der Waals surface area contributed by atoms with Gasteiger partial charge < -0.3 is 5.32 Å². The van der Waals surface area contributed by atoms with Crippen molar-refractivity contribution in [1.29, 1.82) is 0 Å². The van der Waals surface area contributed by atoms with Crippen molar-refractivity contribution in [3.8, 4) is 0 Å². The second kappa shape index (κ2) is 5.19. The minimum absolute atomic E-state index is 0.406. The van der Waals surface area contributed by atoms with Crippen molar-refractivity contribution in [3.63, 3.8) is 0 Å². The Labute approximate surface area is 103 Å². The minimum Gasteiger partial charge on any atom is -0.316 e. The molecule has 94 valence electrons. The lowest BCUT2D eigenvalue weighted by atomic mass is 9.92. The van der Waals surface area contributed by atoms with E-state index in [1.807, 2.05) is 12.1 Å². The van der Waals surface area contributed by atoms with Crippen LogP contribution < -0.4 is 5.32 Å². The van der Waals surface area contributed by atoms with E-state index in [1.54, 1.807) is 12.1 Å². The molecule has 0 aromatic heterocycles. The summed E-state index contributed by atoms with van der Waals surface area (Å²) in [6, 6.07) is 7.29. The highest BCUT2D eigenvalue weighted by molar-refractivity contribution is 7.90. The first-order valence-corrected chi connectivity index (χ1v) is 7.94. The van der Waals surface area contributed by atoms with Crippen molar-refractivity contribution < 1.29 is 8.42 Å². The molecule has 1 fully saturated rings. The van der Waals surface area contributed by atoms with Gasteiger partial charge in [0.05, 0.1) is 4.90 Å². The van der Waals surface area contributed by atoms with E-state index in [-0.39, 0.29) is 0 Å². The lowest BCUT2D eigenvalue weighted by Crippen LogP contribution is -2.30. The SMILES string of the molecule is CS(=O)(=O)c1ccc(CC2CCCNC2)cc1. The summed E-state index contributed by atoms with van der Waals surface area (Å²) in [7, 11) is -3.07. The fourth-order valence-electron chi connectivity index (χ4n) is 2.30. The van der Waals surface area contributed by atoms with E-state index in [0.717, 1.165) is 19.5 Å². The van der Waals surface area contributed by atoms with Crippen LogP contribution in [0.25, 0.3) is 0 Å². The smallest absolute Gasteiger partial charge is 0.175 e. The molecule has 0 spiro atoms. The molecule has 17 heavy (non-hydrogen) atoms. The van der Waals surface area contributed by atoms with Gasteiger partial charge in [0.2, 0.25) is 0 Å². The van der Waals surface area contributed by atoms with Gasteiger partial charge in [-0.2, -0.15) is 0 Å². The molecule has 0 saturated carbocycles. The summed E-state index contributed by atoms with van der Waals surface area (Å²) in [4.78, 5) is 0.406. The van der Waals surface area contributed by atoms with Crippen LogP contribution in [0.1, 0.15) is 18.4 Å². The van der Waals surface area contributed by atoms with Gasteiger partial charge in [-0.15, -0.1) is 0 Å². The fourth-order valence-corrected chi connectivity index (χ4v) is 2.93. The van der Waals surface area contributed by atoms with Gasteiger partial charge in [-0.05, 0) is 56.0 Å². The van der Waals surface area contributed by atoms with Gasteiger partial charge >= 0.3 is 0 Å². The van der Waals surface area contributed by atoms with Crippen molar-refractivity contribution in [2.75, 3.05) is 19.3 Å². The molecular formula is C13H19NO2S. The topological polar surface area (TPSA) is 46.2 Å². The fraction of sp³-hybridized carbons (Fsp3) is 0.538. The third kappa shape index (κ3) is 3.54. The molecule has 3 nitrogen and oxygen atoms in total. The Morgan fingerprint density at radius 2 is 2.00 bits per heavy atom. The van der Waals surface area contributed by atoms with E-state index in [9.17, 15) is 8.42 Å². The minimum atomic E-state index is -3.07. The van der Waals surface area contributed by atoms with Crippen LogP contribution in [-0.4, -0.2) is 27.8 Å². The van der Waals surface area contributed by atoms with Gasteiger partial charge in [-0.1, -0.05) is 12.1 Å². The summed E-state index contributed by atoms with van der Waals surface area (Å²) < 4.78 is 22.6. The van der Waals surface area contributed by atoms with Crippen molar-refractivity contribution >= 4 is 9.84 Å². The van der Waals surface area contributed by atoms with Crippen LogP contribution >= 0.6 is 0 Å². The highest BCUT2D eigenvalue weighted by Gasteiger charge is 2.14. The molecule has 0 radical (unpaired) electrons. The van der Waals surface area contributed by atoms with Gasteiger partial charge in [0.1, 0.15) is 0 Å². The summed E-state index contributed by atoms with van der Waals surface area (Å²) in [5.74, 6) is 0.688. The number of piperidine rings is 1. The molecule has 1 aliphatic heterocycles. The van der Waals surface area contributed by atoms with E-state index in [1.165, 1.54) is 24.7 Å². The van der Waals surface area contributed by atoms with Gasteiger partial charge in [0.15, 0.2) is 9.84 Å². The van der Waals surface area contributed by atoms with E-state index >= 15 is 0 Å². The first-order valence-electron chi connectivity index (χ1n) is 6.05. The lowest BCUT2D eigenvalue weighted by Gasteiger charge is -2.22. The van der Waals surface area contributed by atoms with E-state index in [0.29, 0.717) is 10.8 Å². The van der Waals surface area contributed by atoms with Crippen LogP contribution in [-0.2, 0) is 16.3 Å². The summed E-state index contributed by atoms with van der Waals surface area (Å²) in [5.41, 5.74) is 1.23. The second-order valence-corrected chi connectivity index (χ2v) is 6.85. The van der Waals surface area contributed by atoms with E-state index in [4.69, 9.17) is 0 Å². The first kappa shape index (κ1) is 12.6. The number of hydrogen-bond acceptors (Lipinski definition) is 3. The maximum atomic E-state index is 11.3. The van der Waals surface area contributed by atoms with Crippen LogP contribution in [0.15, 0.2) is 29.2 Å². The van der Waals surface area contributed by atoms with E-state index in [2.05, 4.69) is 5.32 Å². The summed E-state index contributed by atoms with van der Waals surface area (Å²) in [5, 5.41) is 3.39. The zero-order valence-electron chi connectivity index (χ0n) is 10.1. The average Bonchev–Trinajstić information content (AvgIpc) is 2.30. The molecule has 1 N–H and O–H groups in total. The second-order valence-electron chi connectivity index (χ2n) is 4.83. The molecule has 1 aromatic rings. The molecule has 1 unspecified atom stereocenters. The molecule has 0 aliphatic carbocycles. The Hall–Kier alpha value is -0.870. The molecule has 0 amide bonds. The highest BCUT2D eigenvalue weighted by atomic mass is 32.2. The number of sulfone groups is 1. The van der Waals surface area contributed by atoms with Gasteiger partial charge in [0, 0.05) is 6.26 Å². The third-order valence-corrected chi connectivity index (χ3v) is 4.40. The number of hydrogen-bond donors (Lipinski definition) is 1. The predicted octanol–water partition coefficient (Wildman–Crippen LogP) is 1.63. The summed E-state index contributed by atoms with van der Waals surface area (Å²) >= 11 is 0. The quantitative estimate of drug-likeness (QED) is 0.890. The zero-order valence-corrected chi connectivity index (χ0v) is 11.0. The molecular weight excluding hydrogens is 234 g/mol. The molecule has 4 heteroatoms. The Morgan fingerprint density at radius 1 is 1.29 bits per heavy atom. The maximum Gasteiger partial charge on any atom is 0.175 e. The van der Waals surface area contributed by atoms with Crippen LogP contribution in [0.2, 0.25) is 0 Å². The molecule has 1 heterocycles. The van der Waals surface area contributed by atoms with Gasteiger partial charge in [-0.25, -0.2) is 8.42 Å². The largest absolute Gasteiger partial charge is 0.316 e. The summed E-state index contributed by atoms with van der Waals surface area (Å²) in [6.45, 7) is 2.21. The lowest BCUT2D eigenvalue weighted by molar-refractivity contribution is 0.376. The molecule has 1 aromatic carbocycles. The molecule has 1 aliphatic rings. The van der Waals surface area contributed by atoms with Crippen molar-refractivity contribution in [3.05, 3.63) is 29.8 Å². The van der Waals surface area contributed by atoms with Crippen molar-refractivity contribution in [2.45, 2.75) is 24.2 Å². The normalized spacial score (nSPS) is 21.4. The van der Waals surface area contributed by atoms with E-state index < -0.39 is 9.84 Å². The average molecular weight is 253 g/mol. The third-order valence-electron chi connectivity index (χ3n) is 3.27. The standard InChI is InChI=1S/C13H19NO2S/c1-17(15,16)13-6-4-11(5-7-13)9-12-3-2-8-14-10-12/h4-7,12,14H,2-3,8-10H2,1H3. The van der Waals surface area contributed by atoms with Crippen LogP contribution in [0.5, 0.6) is 0 Å². The predicted molar refractivity (Wildman–Crippen MR) is 68.8 cm³/mol. The Morgan fingerprint density at radius 3 is 2.53 bits per heavy atom. The Kier molecular flexibility index (Phi) is 3.84. The zero-order chi connectivity index (χ0) is 12.3. The first-order chi connectivity index (χ1) is 8.05. The molecule has 1 atom stereocenters. The molecule has 1 saturated heterocycles. The van der Waals surface area contributed by atoms with Crippen molar-refractivity contribution in [2.24, 2.45) is 5.92 Å². The Balaban J connectivity index is 2.03. The number of nitrogens with one attached hydrogen (secondary N) is 1. The molecule has 0 bridgehead atoms. The summed E-state index contributed by atoms with van der Waals surface area (Å²) in [6.07, 6.45) is 4.79. The Bertz CT molecular complexity index is 459. The van der Waals surface area contributed by atoms with Gasteiger partial charge in [0.25, 0.3) is 0 Å². The maximum absolute atomic E-state index is 11.3. The van der Waals surface area contributed by atoms with Crippen LogP contribution in [0.4, 0.5) is 0 Å². The van der Waals surface area contributed by atoms with Crippen LogP contribution in [0.3, 0.4) is 0 Å². The van der Waals surface area contributed by atoms with Crippen LogP contribution in [0, 0.1) is 5.92 Å². The number of benzene rings is 1. The number of rotatable bonds is 3. The highest BCUT2D eigenvalue weighted by Crippen LogP contribution is 2.18. The van der Waals surface area contributed by atoms with Crippen molar-refractivity contribution in [1.82, 2.24) is 5.32 Å².